The van der Waals surface area contributed by atoms with Crippen molar-refractivity contribution < 1.29 is 4.79 Å². The van der Waals surface area contributed by atoms with Gasteiger partial charge in [0, 0.05) is 45.1 Å². The minimum absolute atomic E-state index is 0.0555. The molecule has 27 heavy (non-hydrogen) atoms. The number of aliphatic imine (C=N–C) groups is 1. The number of likely N-dealkylation sites (tertiary alicyclic amines) is 1. The van der Waals surface area contributed by atoms with Crippen molar-refractivity contribution in [3.8, 4) is 5.69 Å². The van der Waals surface area contributed by atoms with Gasteiger partial charge in [-0.2, -0.15) is 5.10 Å². The summed E-state index contributed by atoms with van der Waals surface area (Å²) < 4.78 is 1.75. The zero-order valence-corrected chi connectivity index (χ0v) is 15.6. The molecule has 1 unspecified atom stereocenters. The van der Waals surface area contributed by atoms with E-state index in [0.717, 1.165) is 49.7 Å². The van der Waals surface area contributed by atoms with Gasteiger partial charge in [0.05, 0.1) is 5.69 Å². The number of hydrogen-bond donors (Lipinski definition) is 2. The van der Waals surface area contributed by atoms with Crippen molar-refractivity contribution in [3.05, 3.63) is 42.5 Å². The lowest BCUT2D eigenvalue weighted by Crippen LogP contribution is -2.51. The second-order valence-electron chi connectivity index (χ2n) is 7.39. The van der Waals surface area contributed by atoms with Crippen LogP contribution in [0.3, 0.4) is 0 Å². The molecule has 8 heteroatoms. The molecule has 0 radical (unpaired) electrons. The molecule has 0 bridgehead atoms. The van der Waals surface area contributed by atoms with Crippen molar-refractivity contribution >= 4 is 11.9 Å². The van der Waals surface area contributed by atoms with Crippen LogP contribution in [-0.2, 0) is 11.3 Å². The smallest absolute Gasteiger partial charge is 0.220 e. The van der Waals surface area contributed by atoms with Crippen LogP contribution in [0.15, 0.2) is 41.9 Å². The fourth-order valence-electron chi connectivity index (χ4n) is 4.09. The average Bonchev–Trinajstić information content (AvgIpc) is 3.33. The maximum Gasteiger partial charge on any atom is 0.220 e. The minimum Gasteiger partial charge on any atom is -0.355 e. The topological polar surface area (TPSA) is 87.4 Å². The zero-order chi connectivity index (χ0) is 18.7. The number of amides is 1. The average molecular weight is 367 g/mol. The van der Waals surface area contributed by atoms with Gasteiger partial charge in [0.1, 0.15) is 12.7 Å². The number of carbonyl (C=O) groups excluding carboxylic acids is 1. The van der Waals surface area contributed by atoms with Crippen LogP contribution >= 0.6 is 0 Å². The van der Waals surface area contributed by atoms with Crippen molar-refractivity contribution in [1.82, 2.24) is 30.3 Å². The Morgan fingerprint density at radius 2 is 2.37 bits per heavy atom. The van der Waals surface area contributed by atoms with E-state index >= 15 is 0 Å². The summed E-state index contributed by atoms with van der Waals surface area (Å²) in [6.45, 7) is 3.29. The van der Waals surface area contributed by atoms with Gasteiger partial charge in [-0.25, -0.2) is 9.67 Å². The van der Waals surface area contributed by atoms with Crippen molar-refractivity contribution in [1.29, 1.82) is 0 Å². The van der Waals surface area contributed by atoms with Crippen LogP contribution < -0.4 is 10.6 Å². The lowest BCUT2D eigenvalue weighted by atomic mass is 9.79. The molecule has 1 spiro atoms. The van der Waals surface area contributed by atoms with Gasteiger partial charge >= 0.3 is 0 Å². The first-order chi connectivity index (χ1) is 13.2. The van der Waals surface area contributed by atoms with Crippen molar-refractivity contribution in [3.63, 3.8) is 0 Å². The molecule has 0 aliphatic carbocycles. The van der Waals surface area contributed by atoms with E-state index in [2.05, 4.69) is 42.7 Å². The Morgan fingerprint density at radius 3 is 3.11 bits per heavy atom. The number of benzene rings is 1. The number of carbonyl (C=O) groups is 1. The number of nitrogens with one attached hydrogen (secondary N) is 2. The molecule has 1 aromatic carbocycles. The SMILES string of the molecule is CN=C(NCc1cccc(-n2cncn2)c1)N1CCCC2(CNC(=O)C2)C1. The highest BCUT2D eigenvalue weighted by atomic mass is 16.1. The predicted octanol–water partition coefficient (Wildman–Crippen LogP) is 0.945. The summed E-state index contributed by atoms with van der Waals surface area (Å²) in [5.41, 5.74) is 2.18. The number of aromatic nitrogens is 3. The van der Waals surface area contributed by atoms with E-state index in [1.54, 1.807) is 11.0 Å². The third kappa shape index (κ3) is 3.79. The fourth-order valence-corrected chi connectivity index (χ4v) is 4.09. The van der Waals surface area contributed by atoms with Crippen LogP contribution in [0.5, 0.6) is 0 Å². The molecule has 2 N–H and O–H groups in total. The first-order valence-corrected chi connectivity index (χ1v) is 9.34. The number of rotatable bonds is 3. The van der Waals surface area contributed by atoms with E-state index in [1.165, 1.54) is 6.33 Å². The Bertz CT molecular complexity index is 832. The third-order valence-electron chi connectivity index (χ3n) is 5.41. The minimum atomic E-state index is 0.0555. The van der Waals surface area contributed by atoms with Gasteiger partial charge in [0.15, 0.2) is 5.96 Å². The number of hydrogen-bond acceptors (Lipinski definition) is 4. The van der Waals surface area contributed by atoms with Crippen LogP contribution in [0.4, 0.5) is 0 Å². The second kappa shape index (κ2) is 7.38. The number of nitrogens with zero attached hydrogens (tertiary/aromatic N) is 5. The molecule has 142 valence electrons. The van der Waals surface area contributed by atoms with Crippen LogP contribution in [0.25, 0.3) is 5.69 Å². The first-order valence-electron chi connectivity index (χ1n) is 9.34. The van der Waals surface area contributed by atoms with Crippen molar-refractivity contribution in [2.24, 2.45) is 10.4 Å². The van der Waals surface area contributed by atoms with Gasteiger partial charge in [-0.05, 0) is 30.5 Å². The molecular weight excluding hydrogens is 342 g/mol. The third-order valence-corrected chi connectivity index (χ3v) is 5.41. The van der Waals surface area contributed by atoms with Crippen LogP contribution in [0.2, 0.25) is 0 Å². The molecule has 2 aliphatic rings. The Morgan fingerprint density at radius 1 is 1.44 bits per heavy atom. The first kappa shape index (κ1) is 17.5. The molecule has 0 saturated carbocycles. The summed E-state index contributed by atoms with van der Waals surface area (Å²) in [5, 5.41) is 10.6. The van der Waals surface area contributed by atoms with Crippen molar-refractivity contribution in [2.75, 3.05) is 26.7 Å². The highest BCUT2D eigenvalue weighted by molar-refractivity contribution is 5.81. The number of guanidine groups is 1. The molecule has 1 amide bonds. The van der Waals surface area contributed by atoms with Crippen LogP contribution in [-0.4, -0.2) is 58.2 Å². The summed E-state index contributed by atoms with van der Waals surface area (Å²) in [5.74, 6) is 1.06. The Balaban J connectivity index is 1.41. The predicted molar refractivity (Wildman–Crippen MR) is 102 cm³/mol. The van der Waals surface area contributed by atoms with E-state index in [1.807, 2.05) is 19.2 Å². The van der Waals surface area contributed by atoms with Crippen LogP contribution in [0, 0.1) is 5.41 Å². The molecular formula is C19H25N7O. The molecule has 2 saturated heterocycles. The Hall–Kier alpha value is -2.90. The molecule has 2 aromatic rings. The summed E-state index contributed by atoms with van der Waals surface area (Å²) in [6.07, 6.45) is 6.02. The zero-order valence-electron chi connectivity index (χ0n) is 15.6. The van der Waals surface area contributed by atoms with Crippen molar-refractivity contribution in [2.45, 2.75) is 25.8 Å². The molecule has 8 nitrogen and oxygen atoms in total. The highest BCUT2D eigenvalue weighted by Gasteiger charge is 2.42. The number of piperidine rings is 1. The lowest BCUT2D eigenvalue weighted by Gasteiger charge is -2.40. The van der Waals surface area contributed by atoms with Gasteiger partial charge in [0.25, 0.3) is 0 Å². The van der Waals surface area contributed by atoms with Gasteiger partial charge in [-0.3, -0.25) is 9.79 Å². The van der Waals surface area contributed by atoms with Gasteiger partial charge in [-0.15, -0.1) is 0 Å². The lowest BCUT2D eigenvalue weighted by molar-refractivity contribution is -0.119. The Kier molecular flexibility index (Phi) is 4.79. The van der Waals surface area contributed by atoms with Gasteiger partial charge in [-0.1, -0.05) is 12.1 Å². The molecule has 4 rings (SSSR count). The summed E-state index contributed by atoms with van der Waals surface area (Å²) >= 11 is 0. The summed E-state index contributed by atoms with van der Waals surface area (Å²) in [7, 11) is 1.81. The summed E-state index contributed by atoms with van der Waals surface area (Å²) in [4.78, 5) is 22.5. The maximum absolute atomic E-state index is 11.7. The van der Waals surface area contributed by atoms with E-state index in [9.17, 15) is 4.79 Å². The Labute approximate surface area is 158 Å². The standard InChI is InChI=1S/C19H25N7O/c1-20-18(25-7-3-6-19(12-25)9-17(27)23-11-19)22-10-15-4-2-5-16(8-15)26-14-21-13-24-26/h2,4-5,8,13-14H,3,6-7,9-12H2,1H3,(H,20,22)(H,23,27). The van der Waals surface area contributed by atoms with E-state index < -0.39 is 0 Å². The molecule has 2 aliphatic heterocycles. The molecule has 3 heterocycles. The van der Waals surface area contributed by atoms with E-state index in [0.29, 0.717) is 13.0 Å². The maximum atomic E-state index is 11.7. The molecule has 2 fully saturated rings. The summed E-state index contributed by atoms with van der Waals surface area (Å²) in [6, 6.07) is 8.19. The van der Waals surface area contributed by atoms with E-state index in [-0.39, 0.29) is 11.3 Å². The normalized spacial score (nSPS) is 22.9. The largest absolute Gasteiger partial charge is 0.355 e. The van der Waals surface area contributed by atoms with Crippen LogP contribution in [0.1, 0.15) is 24.8 Å². The van der Waals surface area contributed by atoms with E-state index in [4.69, 9.17) is 0 Å². The second-order valence-corrected chi connectivity index (χ2v) is 7.39. The molecule has 1 aromatic heterocycles. The van der Waals surface area contributed by atoms with Gasteiger partial charge in [0.2, 0.25) is 5.91 Å². The highest BCUT2D eigenvalue weighted by Crippen LogP contribution is 2.35. The fraction of sp³-hybridized carbons (Fsp3) is 0.474. The monoisotopic (exact) mass is 367 g/mol. The molecule has 1 atom stereocenters. The van der Waals surface area contributed by atoms with Gasteiger partial charge < -0.3 is 15.5 Å². The quantitative estimate of drug-likeness (QED) is 0.623.